The number of hydrogen-bond donors (Lipinski definition) is 0. The Labute approximate surface area is 337 Å². The Morgan fingerprint density at radius 2 is 0.804 bits per heavy atom. The second kappa shape index (κ2) is 27.6. The first-order valence-electron chi connectivity index (χ1n) is 16.2. The van der Waals surface area contributed by atoms with Crippen LogP contribution in [0.2, 0.25) is 0 Å². The van der Waals surface area contributed by atoms with Crippen LogP contribution in [0.4, 0.5) is 0 Å². The van der Waals surface area contributed by atoms with Crippen LogP contribution in [-0.2, 0) is 52.0 Å². The van der Waals surface area contributed by atoms with E-state index in [-0.39, 0.29) is 34.1 Å². The Kier molecular flexibility index (Phi) is 23.3. The molecule has 51 heavy (non-hydrogen) atoms. The molecule has 0 radical (unpaired) electrons. The largest absolute Gasteiger partial charge is 0.214 e. The summed E-state index contributed by atoms with van der Waals surface area (Å²) >= 11 is 2.62. The molecule has 8 aromatic rings. The summed E-state index contributed by atoms with van der Waals surface area (Å²) < 4.78 is 1.17. The van der Waals surface area contributed by atoms with E-state index in [1.165, 1.54) is 31.1 Å². The Balaban J connectivity index is 0.000000247. The van der Waals surface area contributed by atoms with Gasteiger partial charge in [-0.1, -0.05) is 54.6 Å². The number of hydrogen-bond acceptors (Lipinski definition) is 0. The van der Waals surface area contributed by atoms with Crippen molar-refractivity contribution in [2.75, 3.05) is 0 Å². The van der Waals surface area contributed by atoms with E-state index >= 15 is 0 Å². The molecule has 0 heterocycles. The smallest absolute Gasteiger partial charge is 0.102 e. The summed E-state index contributed by atoms with van der Waals surface area (Å²) in [5.74, 6) is 0. The molecule has 8 aromatic carbocycles. The molecule has 0 nitrogen and oxygen atoms in total. The monoisotopic (exact) mass is 850 g/mol. The van der Waals surface area contributed by atoms with Crippen LogP contribution in [-0.4, -0.2) is 4.11 Å². The first-order valence-corrected chi connectivity index (χ1v) is 18.6. The molecule has 0 saturated carbocycles. The van der Waals surface area contributed by atoms with E-state index in [4.69, 9.17) is 0 Å². The first-order chi connectivity index (χ1) is 24.3. The summed E-state index contributed by atoms with van der Waals surface area (Å²) in [5, 5.41) is 4.31. The van der Waals surface area contributed by atoms with E-state index in [0.29, 0.717) is 0 Å². The van der Waals surface area contributed by atoms with Crippen LogP contribution >= 0.6 is 7.92 Å². The fourth-order valence-electron chi connectivity index (χ4n) is 4.58. The van der Waals surface area contributed by atoms with E-state index < -0.39 is 7.92 Å². The molecule has 0 aliphatic heterocycles. The van der Waals surface area contributed by atoms with Gasteiger partial charge >= 0.3 is 99.5 Å². The number of benzene rings is 3. The maximum absolute atomic E-state index is 3.17. The zero-order chi connectivity index (χ0) is 34.0. The Morgan fingerprint density at radius 1 is 0.471 bits per heavy atom. The fraction of sp³-hybridized carbons (Fsp3) is 0. The van der Waals surface area contributed by atoms with Crippen LogP contribution in [0.15, 0.2) is 242 Å². The molecule has 0 atom stereocenters. The van der Waals surface area contributed by atoms with Gasteiger partial charge in [0.05, 0.1) is 7.92 Å². The van der Waals surface area contributed by atoms with Crippen molar-refractivity contribution in [3.05, 3.63) is 253 Å². The quantitative estimate of drug-likeness (QED) is 0.0677. The molecule has 0 bridgehead atoms. The first kappa shape index (κ1) is 43.1. The van der Waals surface area contributed by atoms with Crippen LogP contribution in [0.25, 0.3) is 6.08 Å². The predicted molar refractivity (Wildman–Crippen MR) is 213 cm³/mol. The van der Waals surface area contributed by atoms with E-state index in [2.05, 4.69) is 139 Å². The van der Waals surface area contributed by atoms with Crippen molar-refractivity contribution >= 4 is 34.0 Å². The van der Waals surface area contributed by atoms with Crippen molar-refractivity contribution in [2.24, 2.45) is 0 Å². The Bertz CT molecular complexity index is 1710. The van der Waals surface area contributed by atoms with Crippen molar-refractivity contribution in [2.45, 2.75) is 0 Å². The van der Waals surface area contributed by atoms with Crippen molar-refractivity contribution in [1.82, 2.24) is 0 Å². The van der Waals surface area contributed by atoms with Crippen LogP contribution in [0.1, 0.15) is 11.1 Å². The minimum absolute atomic E-state index is 0. The number of rotatable bonds is 6. The van der Waals surface area contributed by atoms with Crippen molar-refractivity contribution < 1.29 is 52.0 Å². The molecular formula is C47H41Fe2PRu-3. The minimum Gasteiger partial charge on any atom is -0.214 e. The molecule has 4 heteroatoms. The normalized spacial score (nSPS) is 9.04. The molecule has 261 valence electrons. The molecule has 0 N–H and O–H groups in total. The van der Waals surface area contributed by atoms with Crippen LogP contribution in [0, 0.1) is 0 Å². The van der Waals surface area contributed by atoms with Gasteiger partial charge in [0.2, 0.25) is 0 Å². The molecule has 0 saturated heterocycles. The summed E-state index contributed by atoms with van der Waals surface area (Å²) in [4.78, 5) is 0. The molecule has 0 aliphatic carbocycles. The average molecular weight is 850 g/mol. The van der Waals surface area contributed by atoms with Crippen LogP contribution < -0.4 is 15.9 Å². The molecular weight excluding hydrogens is 808 g/mol. The van der Waals surface area contributed by atoms with Gasteiger partial charge in [-0.2, -0.15) is 54.6 Å². The third-order valence-corrected chi connectivity index (χ3v) is 10.4. The van der Waals surface area contributed by atoms with Gasteiger partial charge < -0.3 is 0 Å². The summed E-state index contributed by atoms with van der Waals surface area (Å²) in [6.45, 7) is 0. The minimum atomic E-state index is -0.877. The Morgan fingerprint density at radius 3 is 1.12 bits per heavy atom. The van der Waals surface area contributed by atoms with Gasteiger partial charge in [0.1, 0.15) is 15.9 Å². The van der Waals surface area contributed by atoms with Gasteiger partial charge in [-0.05, 0) is 36.4 Å². The third kappa shape index (κ3) is 17.6. The zero-order valence-electron chi connectivity index (χ0n) is 28.2. The standard InChI is InChI=1S/C18H15P.C14H10.3C5H5.2Fe.Ru/c1-4-10-16(11-5-1)19(17-12-6-2-7-13-17)18-14-8-3-9-15-18;1-2-8-13(7-1)11-5-6-12-14-9-3-4-10-14;3*1-2-4-5-3-1;;;/h1-15H;1-5,7-10,12H;3*1-5H;;;/q;-2;3*-1;;;+1/p+1. The van der Waals surface area contributed by atoms with Gasteiger partial charge in [-0.3, -0.25) is 0 Å². The average Bonchev–Trinajstić information content (AvgIpc) is 4.02. The fourth-order valence-corrected chi connectivity index (χ4v) is 7.60. The van der Waals surface area contributed by atoms with E-state index in [9.17, 15) is 0 Å². The molecule has 0 amide bonds. The van der Waals surface area contributed by atoms with Gasteiger partial charge in [0, 0.05) is 34.1 Å². The summed E-state index contributed by atoms with van der Waals surface area (Å²) in [5.41, 5.74) is 5.59. The second-order valence-corrected chi connectivity index (χ2v) is 14.0. The van der Waals surface area contributed by atoms with E-state index in [1.807, 2.05) is 127 Å². The van der Waals surface area contributed by atoms with Crippen molar-refractivity contribution in [1.29, 1.82) is 0 Å². The summed E-state index contributed by atoms with van der Waals surface area (Å²) in [6.07, 6.45) is 3.97. The van der Waals surface area contributed by atoms with Crippen molar-refractivity contribution in [3.8, 4) is 0 Å². The van der Waals surface area contributed by atoms with Crippen LogP contribution in [0.5, 0.6) is 0 Å². The predicted octanol–water partition coefficient (Wildman–Crippen LogP) is 10.4. The maximum atomic E-state index is 3.17. The van der Waals surface area contributed by atoms with Gasteiger partial charge in [0.25, 0.3) is 0 Å². The van der Waals surface area contributed by atoms with E-state index in [1.54, 1.807) is 0 Å². The van der Waals surface area contributed by atoms with Gasteiger partial charge in [-0.15, -0.1) is 0 Å². The van der Waals surface area contributed by atoms with Crippen LogP contribution in [0.3, 0.4) is 0 Å². The summed E-state index contributed by atoms with van der Waals surface area (Å²) in [7, 11) is -0.877. The molecule has 0 spiro atoms. The zero-order valence-corrected chi connectivity index (χ0v) is 33.1. The third-order valence-electron chi connectivity index (χ3n) is 6.93. The second-order valence-electron chi connectivity index (χ2n) is 10.5. The SMILES string of the molecule is [Fe].[Fe].[Ru+]=[C](C=C=C[c-]1cccc1)[c-]1cccc1.c1cc[cH-]c1.c1cc[cH-]c1.c1cc[cH-]c1.c1ccc([PH+](c2ccccc2)c2ccccc2)cc1. The van der Waals surface area contributed by atoms with Gasteiger partial charge in [0.15, 0.2) is 0 Å². The molecule has 0 fully saturated rings. The molecule has 0 unspecified atom stereocenters. The molecule has 0 aromatic heterocycles. The Hall–Kier alpha value is -4.11. The topological polar surface area (TPSA) is 0 Å². The van der Waals surface area contributed by atoms with Crippen molar-refractivity contribution in [3.63, 3.8) is 0 Å². The van der Waals surface area contributed by atoms with Gasteiger partial charge in [-0.25, -0.2) is 36.4 Å². The number of allylic oxidation sites excluding steroid dienone is 1. The molecule has 8 rings (SSSR count). The summed E-state index contributed by atoms with van der Waals surface area (Å²) in [6, 6.07) is 78.9. The van der Waals surface area contributed by atoms with E-state index in [0.717, 1.165) is 0 Å². The maximum Gasteiger partial charge on any atom is 0.102 e. The molecule has 0 aliphatic rings.